The molecular formula is C23H17N3O7. The molecule has 0 unspecified atom stereocenters. The zero-order valence-corrected chi connectivity index (χ0v) is 17.5. The van der Waals surface area contributed by atoms with Crippen molar-refractivity contribution in [2.24, 2.45) is 4.99 Å². The average Bonchev–Trinajstić information content (AvgIpc) is 2.92. The maximum atomic E-state index is 12.7. The molecule has 0 radical (unpaired) electrons. The molecule has 0 aliphatic carbocycles. The van der Waals surface area contributed by atoms with E-state index in [4.69, 9.17) is 14.2 Å². The van der Waals surface area contributed by atoms with Gasteiger partial charge in [0.2, 0.25) is 5.75 Å². The number of hydrogen-bond donors (Lipinski definition) is 1. The van der Waals surface area contributed by atoms with Gasteiger partial charge in [-0.15, -0.1) is 0 Å². The number of nitrogens with one attached hydrogen (secondary N) is 1. The Hall–Kier alpha value is -4.73. The average molecular weight is 447 g/mol. The number of amides is 1. The van der Waals surface area contributed by atoms with E-state index in [2.05, 4.69) is 10.3 Å². The number of nitro groups is 1. The molecule has 1 amide bonds. The molecule has 0 spiro atoms. The van der Waals surface area contributed by atoms with E-state index < -0.39 is 16.6 Å². The van der Waals surface area contributed by atoms with Gasteiger partial charge >= 0.3 is 11.7 Å². The van der Waals surface area contributed by atoms with E-state index in [0.717, 1.165) is 0 Å². The maximum Gasteiger partial charge on any atom is 0.323 e. The molecule has 10 heteroatoms. The van der Waals surface area contributed by atoms with Crippen molar-refractivity contribution in [1.29, 1.82) is 0 Å². The fraction of sp³-hybridized carbons (Fsp3) is 0.0870. The first-order chi connectivity index (χ1) is 15.9. The highest BCUT2D eigenvalue weighted by atomic mass is 16.6. The summed E-state index contributed by atoms with van der Waals surface area (Å²) in [5.41, 5.74) is 0.885. The highest BCUT2D eigenvalue weighted by molar-refractivity contribution is 6.08. The van der Waals surface area contributed by atoms with Crippen LogP contribution in [0.25, 0.3) is 0 Å². The molecule has 0 bridgehead atoms. The third-order valence-corrected chi connectivity index (χ3v) is 4.68. The lowest BCUT2D eigenvalue weighted by Gasteiger charge is -2.10. The molecule has 1 heterocycles. The van der Waals surface area contributed by atoms with Crippen LogP contribution in [0.4, 0.5) is 17.1 Å². The minimum Gasteiger partial charge on any atom is -0.488 e. The van der Waals surface area contributed by atoms with Gasteiger partial charge in [-0.2, -0.15) is 0 Å². The SMILES string of the molecule is COc1c(OC(C)=O)ccc(C=Nc2ccc3c(c2)C(=O)Nc2ccccc2O3)c1[N+](=O)[O-]. The molecule has 166 valence electrons. The van der Waals surface area contributed by atoms with E-state index in [1.165, 1.54) is 38.4 Å². The Morgan fingerprint density at radius 3 is 2.67 bits per heavy atom. The summed E-state index contributed by atoms with van der Waals surface area (Å²) < 4.78 is 15.9. The van der Waals surface area contributed by atoms with E-state index in [9.17, 15) is 19.7 Å². The van der Waals surface area contributed by atoms with Crippen molar-refractivity contribution in [1.82, 2.24) is 0 Å². The van der Waals surface area contributed by atoms with Gasteiger partial charge in [-0.1, -0.05) is 12.1 Å². The minimum absolute atomic E-state index is 0.0766. The van der Waals surface area contributed by atoms with Gasteiger partial charge in [0.15, 0.2) is 11.5 Å². The number of nitrogens with zero attached hydrogens (tertiary/aromatic N) is 2. The van der Waals surface area contributed by atoms with Crippen LogP contribution in [-0.2, 0) is 4.79 Å². The molecule has 1 aliphatic heterocycles. The standard InChI is InChI=1S/C23H17N3O7/c1-13(27)32-20-9-7-14(21(26(29)30)22(20)31-2)12-24-15-8-10-18-16(11-15)23(28)25-17-5-3-4-6-19(17)33-18/h3-12H,1-2H3,(H,25,28). The number of hydrogen-bond acceptors (Lipinski definition) is 8. The van der Waals surface area contributed by atoms with Crippen molar-refractivity contribution in [3.63, 3.8) is 0 Å². The molecule has 1 N–H and O–H groups in total. The van der Waals surface area contributed by atoms with Crippen LogP contribution >= 0.6 is 0 Å². The van der Waals surface area contributed by atoms with Gasteiger partial charge in [-0.05, 0) is 42.5 Å². The molecule has 0 saturated heterocycles. The molecule has 0 aromatic heterocycles. The second kappa shape index (κ2) is 8.79. The van der Waals surface area contributed by atoms with Crippen LogP contribution in [0.3, 0.4) is 0 Å². The number of fused-ring (bicyclic) bond motifs is 2. The molecule has 0 atom stereocenters. The summed E-state index contributed by atoms with van der Waals surface area (Å²) in [7, 11) is 1.24. The van der Waals surface area contributed by atoms with Gasteiger partial charge in [0.05, 0.1) is 34.5 Å². The van der Waals surface area contributed by atoms with Crippen molar-refractivity contribution in [3.05, 3.63) is 75.8 Å². The second-order valence-corrected chi connectivity index (χ2v) is 6.88. The van der Waals surface area contributed by atoms with Crippen LogP contribution in [0.1, 0.15) is 22.8 Å². The summed E-state index contributed by atoms with van der Waals surface area (Å²) in [5.74, 6) is -0.424. The number of anilines is 1. The molecule has 33 heavy (non-hydrogen) atoms. The van der Waals surface area contributed by atoms with Crippen LogP contribution < -0.4 is 19.5 Å². The number of rotatable bonds is 5. The molecule has 4 rings (SSSR count). The number of aliphatic imine (C=N–C) groups is 1. The second-order valence-electron chi connectivity index (χ2n) is 6.88. The Bertz CT molecular complexity index is 1320. The van der Waals surface area contributed by atoms with Crippen molar-refractivity contribution < 1.29 is 28.7 Å². The molecule has 3 aromatic carbocycles. The lowest BCUT2D eigenvalue weighted by Crippen LogP contribution is -2.10. The van der Waals surface area contributed by atoms with Gasteiger partial charge in [-0.3, -0.25) is 24.7 Å². The topological polar surface area (TPSA) is 129 Å². The number of esters is 1. The van der Waals surface area contributed by atoms with Crippen molar-refractivity contribution in [2.75, 3.05) is 12.4 Å². The van der Waals surface area contributed by atoms with Crippen molar-refractivity contribution in [3.8, 4) is 23.0 Å². The molecular weight excluding hydrogens is 430 g/mol. The third-order valence-electron chi connectivity index (χ3n) is 4.68. The minimum atomic E-state index is -0.650. The molecule has 3 aromatic rings. The van der Waals surface area contributed by atoms with Gasteiger partial charge in [0, 0.05) is 13.1 Å². The summed E-state index contributed by atoms with van der Waals surface area (Å²) in [4.78, 5) is 39.3. The largest absolute Gasteiger partial charge is 0.488 e. The third kappa shape index (κ3) is 4.35. The number of benzene rings is 3. The quantitative estimate of drug-likeness (QED) is 0.198. The number of nitro benzene ring substituents is 1. The number of carbonyl (C=O) groups excluding carboxylic acids is 2. The number of methoxy groups -OCH3 is 1. The fourth-order valence-electron chi connectivity index (χ4n) is 3.27. The van der Waals surface area contributed by atoms with Gasteiger partial charge in [0.25, 0.3) is 5.91 Å². The van der Waals surface area contributed by atoms with Crippen LogP contribution in [0.2, 0.25) is 0 Å². The van der Waals surface area contributed by atoms with Gasteiger partial charge in [0.1, 0.15) is 5.75 Å². The Labute approximate surface area is 187 Å². The number of carbonyl (C=O) groups is 2. The van der Waals surface area contributed by atoms with Crippen molar-refractivity contribution >= 4 is 35.2 Å². The summed E-state index contributed by atoms with van der Waals surface area (Å²) in [6.45, 7) is 1.18. The Morgan fingerprint density at radius 2 is 1.94 bits per heavy atom. The summed E-state index contributed by atoms with van der Waals surface area (Å²) in [6, 6.07) is 14.5. The molecule has 10 nitrogen and oxygen atoms in total. The lowest BCUT2D eigenvalue weighted by molar-refractivity contribution is -0.385. The first-order valence-electron chi connectivity index (χ1n) is 9.67. The van der Waals surface area contributed by atoms with Crippen LogP contribution in [0.15, 0.2) is 59.6 Å². The van der Waals surface area contributed by atoms with E-state index >= 15 is 0 Å². The number of ether oxygens (including phenoxy) is 3. The Morgan fingerprint density at radius 1 is 1.15 bits per heavy atom. The van der Waals surface area contributed by atoms with E-state index in [1.807, 2.05) is 0 Å². The van der Waals surface area contributed by atoms with Crippen LogP contribution in [-0.4, -0.2) is 30.1 Å². The molecule has 0 saturated carbocycles. The highest BCUT2D eigenvalue weighted by Gasteiger charge is 2.26. The normalized spacial score (nSPS) is 12.1. The fourth-order valence-corrected chi connectivity index (χ4v) is 3.27. The zero-order chi connectivity index (χ0) is 23.5. The smallest absolute Gasteiger partial charge is 0.323 e. The van der Waals surface area contributed by atoms with Crippen LogP contribution in [0.5, 0.6) is 23.0 Å². The first kappa shape index (κ1) is 21.5. The van der Waals surface area contributed by atoms with E-state index in [1.54, 1.807) is 36.4 Å². The summed E-state index contributed by atoms with van der Waals surface area (Å²) >= 11 is 0. The van der Waals surface area contributed by atoms with Crippen LogP contribution in [0, 0.1) is 10.1 Å². The predicted molar refractivity (Wildman–Crippen MR) is 119 cm³/mol. The van der Waals surface area contributed by atoms with Crippen molar-refractivity contribution in [2.45, 2.75) is 6.92 Å². The zero-order valence-electron chi connectivity index (χ0n) is 17.5. The predicted octanol–water partition coefficient (Wildman–Crippen LogP) is 4.64. The number of para-hydroxylation sites is 2. The van der Waals surface area contributed by atoms with E-state index in [0.29, 0.717) is 22.9 Å². The molecule has 0 fully saturated rings. The summed E-state index contributed by atoms with van der Waals surface area (Å²) in [6.07, 6.45) is 1.27. The lowest BCUT2D eigenvalue weighted by atomic mass is 10.1. The summed E-state index contributed by atoms with van der Waals surface area (Å²) in [5, 5.41) is 14.5. The molecule has 1 aliphatic rings. The maximum absolute atomic E-state index is 12.7. The van der Waals surface area contributed by atoms with E-state index in [-0.39, 0.29) is 28.5 Å². The first-order valence-corrected chi connectivity index (χ1v) is 9.67. The monoisotopic (exact) mass is 447 g/mol. The van der Waals surface area contributed by atoms with Gasteiger partial charge in [-0.25, -0.2) is 0 Å². The Balaban J connectivity index is 1.69. The Kier molecular flexibility index (Phi) is 5.73. The highest BCUT2D eigenvalue weighted by Crippen LogP contribution is 2.40. The van der Waals surface area contributed by atoms with Gasteiger partial charge < -0.3 is 19.5 Å².